The van der Waals surface area contributed by atoms with Gasteiger partial charge in [0.2, 0.25) is 0 Å². The first-order chi connectivity index (χ1) is 11.4. The van der Waals surface area contributed by atoms with Gasteiger partial charge in [0.1, 0.15) is 11.6 Å². The summed E-state index contributed by atoms with van der Waals surface area (Å²) in [4.78, 5) is 12.4. The van der Waals surface area contributed by atoms with Gasteiger partial charge in [-0.15, -0.1) is 0 Å². The van der Waals surface area contributed by atoms with Gasteiger partial charge in [-0.25, -0.2) is 4.39 Å². The maximum atomic E-state index is 12.9. The van der Waals surface area contributed by atoms with E-state index in [0.29, 0.717) is 5.75 Å². The summed E-state index contributed by atoms with van der Waals surface area (Å²) in [5, 5.41) is 3.04. The molecule has 0 unspecified atom stereocenters. The Morgan fingerprint density at radius 2 is 1.83 bits per heavy atom. The Kier molecular flexibility index (Phi) is 5.96. The monoisotopic (exact) mass is 329 g/mol. The lowest BCUT2D eigenvalue weighted by Gasteiger charge is -2.22. The highest BCUT2D eigenvalue weighted by Crippen LogP contribution is 2.22. The lowest BCUT2D eigenvalue weighted by molar-refractivity contribution is -0.128. The molecule has 0 fully saturated rings. The fourth-order valence-electron chi connectivity index (χ4n) is 2.68. The Labute approximate surface area is 142 Å². The van der Waals surface area contributed by atoms with Crippen LogP contribution in [0.25, 0.3) is 0 Å². The predicted molar refractivity (Wildman–Crippen MR) is 93.6 cm³/mol. The van der Waals surface area contributed by atoms with E-state index < -0.39 is 6.10 Å². The van der Waals surface area contributed by atoms with Crippen molar-refractivity contribution in [3.63, 3.8) is 0 Å². The second kappa shape index (κ2) is 7.95. The molecule has 2 aromatic rings. The van der Waals surface area contributed by atoms with Gasteiger partial charge in [-0.2, -0.15) is 0 Å². The number of rotatable bonds is 6. The van der Waals surface area contributed by atoms with Crippen molar-refractivity contribution in [2.24, 2.45) is 0 Å². The van der Waals surface area contributed by atoms with Crippen LogP contribution in [0.4, 0.5) is 4.39 Å². The van der Waals surface area contributed by atoms with E-state index in [0.717, 1.165) is 17.5 Å². The molecule has 0 radical (unpaired) electrons. The third kappa shape index (κ3) is 4.57. The minimum Gasteiger partial charge on any atom is -0.481 e. The van der Waals surface area contributed by atoms with E-state index in [-0.39, 0.29) is 17.8 Å². The molecule has 1 N–H and O–H groups in total. The van der Waals surface area contributed by atoms with Crippen molar-refractivity contribution in [3.05, 3.63) is 65.0 Å². The molecule has 0 aromatic heterocycles. The van der Waals surface area contributed by atoms with Gasteiger partial charge < -0.3 is 10.1 Å². The molecular formula is C20H24FNO2. The molecule has 1 amide bonds. The molecule has 0 spiro atoms. The summed E-state index contributed by atoms with van der Waals surface area (Å²) in [5.74, 6) is -0.0508. The topological polar surface area (TPSA) is 38.3 Å². The minimum absolute atomic E-state index is 0.0580. The van der Waals surface area contributed by atoms with Gasteiger partial charge in [-0.3, -0.25) is 4.79 Å². The number of halogens is 1. The van der Waals surface area contributed by atoms with Gasteiger partial charge in [0, 0.05) is 0 Å². The first kappa shape index (κ1) is 18.0. The molecule has 0 aliphatic carbocycles. The van der Waals surface area contributed by atoms with Crippen LogP contribution in [0.2, 0.25) is 0 Å². The quantitative estimate of drug-likeness (QED) is 0.849. The Hall–Kier alpha value is -2.36. The molecule has 24 heavy (non-hydrogen) atoms. The number of hydrogen-bond donors (Lipinski definition) is 1. The second-order valence-corrected chi connectivity index (χ2v) is 6.04. The van der Waals surface area contributed by atoms with Crippen LogP contribution >= 0.6 is 0 Å². The number of ether oxygens (including phenoxy) is 1. The normalized spacial score (nSPS) is 13.2. The van der Waals surface area contributed by atoms with E-state index in [2.05, 4.69) is 37.4 Å². The zero-order valence-corrected chi connectivity index (χ0v) is 14.6. The molecule has 2 rings (SSSR count). The Bertz CT molecular complexity index is 697. The largest absolute Gasteiger partial charge is 0.481 e. The summed E-state index contributed by atoms with van der Waals surface area (Å²) in [5.41, 5.74) is 3.48. The third-order valence-electron chi connectivity index (χ3n) is 4.02. The maximum absolute atomic E-state index is 12.9. The summed E-state index contributed by atoms with van der Waals surface area (Å²) in [6.07, 6.45) is 0.133. The molecule has 3 nitrogen and oxygen atoms in total. The van der Waals surface area contributed by atoms with Gasteiger partial charge in [0.15, 0.2) is 6.10 Å². The number of aryl methyl sites for hydroxylation is 2. The molecule has 128 valence electrons. The van der Waals surface area contributed by atoms with Crippen LogP contribution in [-0.2, 0) is 4.79 Å². The SMILES string of the molecule is CC[C@@H](NC(=O)[C@H](C)Oc1ccc(F)cc1)c1ccc(C)cc1C. The molecule has 0 heterocycles. The summed E-state index contributed by atoms with van der Waals surface area (Å²) < 4.78 is 18.5. The number of benzene rings is 2. The molecule has 4 heteroatoms. The van der Waals surface area contributed by atoms with Crippen LogP contribution in [0.1, 0.15) is 43.0 Å². The molecule has 0 bridgehead atoms. The van der Waals surface area contributed by atoms with Crippen molar-refractivity contribution in [3.8, 4) is 5.75 Å². The molecule has 2 aromatic carbocycles. The van der Waals surface area contributed by atoms with Crippen molar-refractivity contribution in [1.29, 1.82) is 0 Å². The van der Waals surface area contributed by atoms with Gasteiger partial charge in [0.05, 0.1) is 6.04 Å². The Morgan fingerprint density at radius 1 is 1.17 bits per heavy atom. The lowest BCUT2D eigenvalue weighted by Crippen LogP contribution is -2.38. The van der Waals surface area contributed by atoms with Crippen molar-refractivity contribution in [1.82, 2.24) is 5.32 Å². The third-order valence-corrected chi connectivity index (χ3v) is 4.02. The van der Waals surface area contributed by atoms with Crippen LogP contribution in [-0.4, -0.2) is 12.0 Å². The van der Waals surface area contributed by atoms with Crippen LogP contribution in [0.15, 0.2) is 42.5 Å². The van der Waals surface area contributed by atoms with E-state index in [1.54, 1.807) is 6.92 Å². The van der Waals surface area contributed by atoms with Gasteiger partial charge in [-0.05, 0) is 62.6 Å². The lowest BCUT2D eigenvalue weighted by atomic mass is 9.97. The maximum Gasteiger partial charge on any atom is 0.261 e. The Morgan fingerprint density at radius 3 is 2.42 bits per heavy atom. The summed E-state index contributed by atoms with van der Waals surface area (Å²) >= 11 is 0. The average Bonchev–Trinajstić information content (AvgIpc) is 2.55. The van der Waals surface area contributed by atoms with E-state index in [1.807, 2.05) is 6.92 Å². The molecule has 0 saturated heterocycles. The molecule has 2 atom stereocenters. The smallest absolute Gasteiger partial charge is 0.261 e. The fraction of sp³-hybridized carbons (Fsp3) is 0.350. The first-order valence-corrected chi connectivity index (χ1v) is 8.20. The molecule has 0 saturated carbocycles. The van der Waals surface area contributed by atoms with E-state index in [9.17, 15) is 9.18 Å². The van der Waals surface area contributed by atoms with Crippen LogP contribution < -0.4 is 10.1 Å². The van der Waals surface area contributed by atoms with Crippen molar-refractivity contribution >= 4 is 5.91 Å². The summed E-state index contributed by atoms with van der Waals surface area (Å²) in [6.45, 7) is 7.83. The zero-order valence-electron chi connectivity index (χ0n) is 14.6. The van der Waals surface area contributed by atoms with Gasteiger partial charge >= 0.3 is 0 Å². The molecule has 0 aliphatic heterocycles. The van der Waals surface area contributed by atoms with Crippen LogP contribution in [0.5, 0.6) is 5.75 Å². The highest BCUT2D eigenvalue weighted by atomic mass is 19.1. The highest BCUT2D eigenvalue weighted by Gasteiger charge is 2.20. The van der Waals surface area contributed by atoms with Crippen LogP contribution in [0, 0.1) is 19.7 Å². The van der Waals surface area contributed by atoms with Crippen molar-refractivity contribution < 1.29 is 13.9 Å². The summed E-state index contributed by atoms with van der Waals surface area (Å²) in [7, 11) is 0. The van der Waals surface area contributed by atoms with Crippen LogP contribution in [0.3, 0.4) is 0 Å². The fourth-order valence-corrected chi connectivity index (χ4v) is 2.68. The number of carbonyl (C=O) groups is 1. The number of carbonyl (C=O) groups excluding carboxylic acids is 1. The number of hydrogen-bond acceptors (Lipinski definition) is 2. The van der Waals surface area contributed by atoms with Crippen molar-refractivity contribution in [2.75, 3.05) is 0 Å². The van der Waals surface area contributed by atoms with Crippen molar-refractivity contribution in [2.45, 2.75) is 46.3 Å². The van der Waals surface area contributed by atoms with E-state index in [1.165, 1.54) is 29.8 Å². The number of amides is 1. The van der Waals surface area contributed by atoms with E-state index in [4.69, 9.17) is 4.74 Å². The highest BCUT2D eigenvalue weighted by molar-refractivity contribution is 5.81. The Balaban J connectivity index is 2.04. The second-order valence-electron chi connectivity index (χ2n) is 6.04. The number of nitrogens with one attached hydrogen (secondary N) is 1. The average molecular weight is 329 g/mol. The molecule has 0 aliphatic rings. The minimum atomic E-state index is -0.657. The summed E-state index contributed by atoms with van der Waals surface area (Å²) in [6, 6.07) is 11.8. The first-order valence-electron chi connectivity index (χ1n) is 8.20. The zero-order chi connectivity index (χ0) is 17.7. The van der Waals surface area contributed by atoms with E-state index >= 15 is 0 Å². The predicted octanol–water partition coefficient (Wildman–Crippen LogP) is 4.48. The standard InChI is InChI=1S/C20H24FNO2/c1-5-19(18-11-6-13(2)12-14(18)3)22-20(23)15(4)24-17-9-7-16(21)8-10-17/h6-12,15,19H,5H2,1-4H3,(H,22,23)/t15-,19+/m0/s1. The molecular weight excluding hydrogens is 305 g/mol. The van der Waals surface area contributed by atoms with Gasteiger partial charge in [-0.1, -0.05) is 30.7 Å². The van der Waals surface area contributed by atoms with Gasteiger partial charge in [0.25, 0.3) is 5.91 Å².